The summed E-state index contributed by atoms with van der Waals surface area (Å²) < 4.78 is 5.48. The first-order valence-electron chi connectivity index (χ1n) is 11.7. The van der Waals surface area contributed by atoms with Crippen LogP contribution in [0.15, 0.2) is 36.4 Å². The van der Waals surface area contributed by atoms with Crippen molar-refractivity contribution >= 4 is 5.97 Å². The lowest BCUT2D eigenvalue weighted by Crippen LogP contribution is -2.13. The first-order chi connectivity index (χ1) is 14.2. The number of carbonyl (C=O) groups is 1. The minimum Gasteiger partial charge on any atom is -0.458 e. The molecule has 0 saturated carbocycles. The summed E-state index contributed by atoms with van der Waals surface area (Å²) >= 11 is 0. The van der Waals surface area contributed by atoms with E-state index >= 15 is 0 Å². The molecule has 0 radical (unpaired) electrons. The Balaban J connectivity index is 2.42. The second kappa shape index (κ2) is 17.3. The van der Waals surface area contributed by atoms with Gasteiger partial charge in [0, 0.05) is 13.5 Å². The molecule has 0 aliphatic carbocycles. The van der Waals surface area contributed by atoms with Crippen LogP contribution in [0.2, 0.25) is 0 Å². The van der Waals surface area contributed by atoms with E-state index in [9.17, 15) is 4.79 Å². The molecule has 164 valence electrons. The molecule has 0 heterocycles. The molecule has 0 bridgehead atoms. The topological polar surface area (TPSA) is 46.5 Å². The molecule has 0 saturated heterocycles. The normalized spacial score (nSPS) is 12.4. The van der Waals surface area contributed by atoms with E-state index in [4.69, 9.17) is 9.84 Å². The van der Waals surface area contributed by atoms with Crippen LogP contribution in [0.4, 0.5) is 0 Å². The molecule has 0 aromatic heterocycles. The fourth-order valence-electron chi connectivity index (χ4n) is 3.67. The summed E-state index contributed by atoms with van der Waals surface area (Å²) in [6.45, 7) is 4.01. The Morgan fingerprint density at radius 1 is 0.966 bits per heavy atom. The number of aryl methyl sites for hydroxylation is 2. The van der Waals surface area contributed by atoms with Gasteiger partial charge in [0.05, 0.1) is 0 Å². The van der Waals surface area contributed by atoms with Crippen molar-refractivity contribution in [1.82, 2.24) is 0 Å². The van der Waals surface area contributed by atoms with Gasteiger partial charge in [-0.15, -0.1) is 0 Å². The highest BCUT2D eigenvalue weighted by Gasteiger charge is 2.08. The maximum Gasteiger partial charge on any atom is 0.303 e. The van der Waals surface area contributed by atoms with Gasteiger partial charge in [-0.2, -0.15) is 0 Å². The molecule has 1 rings (SSSR count). The van der Waals surface area contributed by atoms with Gasteiger partial charge in [-0.25, -0.2) is 0 Å². The molecule has 3 nitrogen and oxygen atoms in total. The number of unbranched alkanes of at least 4 members (excludes halogenated alkanes) is 7. The van der Waals surface area contributed by atoms with Gasteiger partial charge in [0.1, 0.15) is 6.10 Å². The van der Waals surface area contributed by atoms with Gasteiger partial charge in [0.15, 0.2) is 0 Å². The third-order valence-electron chi connectivity index (χ3n) is 5.31. The maximum absolute atomic E-state index is 11.4. The highest BCUT2D eigenvalue weighted by atomic mass is 16.5. The number of rotatable bonds is 17. The van der Waals surface area contributed by atoms with Crippen molar-refractivity contribution in [2.75, 3.05) is 6.61 Å². The number of allylic oxidation sites excluding steroid dienone is 1. The quantitative estimate of drug-likeness (QED) is 0.182. The summed E-state index contributed by atoms with van der Waals surface area (Å²) in [4.78, 5) is 11.4. The van der Waals surface area contributed by atoms with Crippen molar-refractivity contribution in [3.63, 3.8) is 0 Å². The molecular formula is C26H42O3. The first kappa shape index (κ1) is 25.4. The van der Waals surface area contributed by atoms with E-state index < -0.39 is 0 Å². The van der Waals surface area contributed by atoms with E-state index in [-0.39, 0.29) is 18.7 Å². The first-order valence-corrected chi connectivity index (χ1v) is 11.7. The summed E-state index contributed by atoms with van der Waals surface area (Å²) in [6.07, 6.45) is 18.7. The van der Waals surface area contributed by atoms with Crippen molar-refractivity contribution in [3.8, 4) is 0 Å². The van der Waals surface area contributed by atoms with Gasteiger partial charge in [-0.05, 0) is 62.1 Å². The fourth-order valence-corrected chi connectivity index (χ4v) is 3.67. The van der Waals surface area contributed by atoms with Crippen LogP contribution >= 0.6 is 0 Å². The van der Waals surface area contributed by atoms with Crippen LogP contribution in [0.5, 0.6) is 0 Å². The van der Waals surface area contributed by atoms with E-state index in [1.807, 2.05) is 0 Å². The van der Waals surface area contributed by atoms with Gasteiger partial charge in [-0.1, -0.05) is 75.8 Å². The minimum absolute atomic E-state index is 0.0904. The zero-order valence-electron chi connectivity index (χ0n) is 18.7. The van der Waals surface area contributed by atoms with Crippen molar-refractivity contribution in [3.05, 3.63) is 47.5 Å². The molecule has 3 heteroatoms. The molecule has 0 amide bonds. The lowest BCUT2D eigenvalue weighted by Gasteiger charge is -2.13. The summed E-state index contributed by atoms with van der Waals surface area (Å²) in [5, 5.41) is 8.92. The number of hydrogen-bond acceptors (Lipinski definition) is 3. The van der Waals surface area contributed by atoms with Gasteiger partial charge in [0.25, 0.3) is 0 Å². The molecule has 0 spiro atoms. The van der Waals surface area contributed by atoms with Crippen molar-refractivity contribution in [1.29, 1.82) is 0 Å². The average Bonchev–Trinajstić information content (AvgIpc) is 2.71. The molecular weight excluding hydrogens is 360 g/mol. The molecule has 1 atom stereocenters. The molecule has 0 fully saturated rings. The highest BCUT2D eigenvalue weighted by Crippen LogP contribution is 2.16. The Kier molecular flexibility index (Phi) is 15.1. The molecule has 1 aromatic carbocycles. The number of ether oxygens (including phenoxy) is 1. The summed E-state index contributed by atoms with van der Waals surface area (Å²) in [5.74, 6) is -0.196. The maximum atomic E-state index is 11.4. The van der Waals surface area contributed by atoms with E-state index in [0.717, 1.165) is 51.4 Å². The summed E-state index contributed by atoms with van der Waals surface area (Å²) in [7, 11) is 0. The van der Waals surface area contributed by atoms with Crippen LogP contribution in [0.1, 0.15) is 95.6 Å². The minimum atomic E-state index is -0.196. The summed E-state index contributed by atoms with van der Waals surface area (Å²) in [6, 6.07) is 8.65. The predicted molar refractivity (Wildman–Crippen MR) is 122 cm³/mol. The van der Waals surface area contributed by atoms with E-state index in [2.05, 4.69) is 43.3 Å². The van der Waals surface area contributed by atoms with Crippen LogP contribution in [0.3, 0.4) is 0 Å². The van der Waals surface area contributed by atoms with Crippen LogP contribution < -0.4 is 0 Å². The Morgan fingerprint density at radius 3 is 2.31 bits per heavy atom. The number of benzene rings is 1. The van der Waals surface area contributed by atoms with Crippen LogP contribution in [0, 0.1) is 0 Å². The fraction of sp³-hybridized carbons (Fsp3) is 0.654. The smallest absolute Gasteiger partial charge is 0.303 e. The predicted octanol–water partition coefficient (Wildman–Crippen LogP) is 6.56. The van der Waals surface area contributed by atoms with E-state index in [1.54, 1.807) is 0 Å². The van der Waals surface area contributed by atoms with E-state index in [0.29, 0.717) is 0 Å². The Labute approximate surface area is 178 Å². The van der Waals surface area contributed by atoms with Gasteiger partial charge < -0.3 is 9.84 Å². The highest BCUT2D eigenvalue weighted by molar-refractivity contribution is 5.66. The number of carbonyl (C=O) groups excluding carboxylic acids is 1. The zero-order chi connectivity index (χ0) is 21.2. The molecule has 29 heavy (non-hydrogen) atoms. The Bertz CT molecular complexity index is 565. The SMILES string of the molecule is CCCCCCCCC(/C=C/CCc1ccccc1CCCCCO)OC(C)=O. The lowest BCUT2D eigenvalue weighted by molar-refractivity contribution is -0.144. The lowest BCUT2D eigenvalue weighted by atomic mass is 9.98. The average molecular weight is 403 g/mol. The third kappa shape index (κ3) is 13.3. The number of hydrogen-bond donors (Lipinski definition) is 1. The van der Waals surface area contributed by atoms with Crippen molar-refractivity contribution < 1.29 is 14.6 Å². The van der Waals surface area contributed by atoms with Crippen LogP contribution in [0.25, 0.3) is 0 Å². The van der Waals surface area contributed by atoms with Gasteiger partial charge >= 0.3 is 5.97 Å². The monoisotopic (exact) mass is 402 g/mol. The van der Waals surface area contributed by atoms with Crippen LogP contribution in [-0.4, -0.2) is 23.8 Å². The number of esters is 1. The van der Waals surface area contributed by atoms with Crippen LogP contribution in [-0.2, 0) is 22.4 Å². The largest absolute Gasteiger partial charge is 0.458 e. The van der Waals surface area contributed by atoms with E-state index in [1.165, 1.54) is 50.2 Å². The zero-order valence-corrected chi connectivity index (χ0v) is 18.7. The summed E-state index contributed by atoms with van der Waals surface area (Å²) in [5.41, 5.74) is 2.82. The van der Waals surface area contributed by atoms with Gasteiger partial charge in [-0.3, -0.25) is 4.79 Å². The molecule has 0 aliphatic rings. The number of aliphatic hydroxyl groups excluding tert-OH is 1. The molecule has 1 unspecified atom stereocenters. The molecule has 1 N–H and O–H groups in total. The Morgan fingerprint density at radius 2 is 1.62 bits per heavy atom. The second-order valence-electron chi connectivity index (χ2n) is 7.97. The molecule has 0 aliphatic heterocycles. The Hall–Kier alpha value is -1.61. The van der Waals surface area contributed by atoms with Crippen molar-refractivity contribution in [2.45, 2.75) is 103 Å². The van der Waals surface area contributed by atoms with Crippen molar-refractivity contribution in [2.24, 2.45) is 0 Å². The van der Waals surface area contributed by atoms with Gasteiger partial charge in [0.2, 0.25) is 0 Å². The standard InChI is InChI=1S/C26H42O3/c1-3-4-5-6-7-10-20-26(29-23(2)28)21-14-13-19-25-18-12-11-17-24(25)16-9-8-15-22-27/h11-12,14,17-18,21,26-27H,3-10,13,15-16,19-20,22H2,1-2H3/b21-14+. The number of aliphatic hydroxyl groups is 1. The second-order valence-corrected chi connectivity index (χ2v) is 7.97. The third-order valence-corrected chi connectivity index (χ3v) is 5.31. The molecule has 1 aromatic rings.